The summed E-state index contributed by atoms with van der Waals surface area (Å²) in [6, 6.07) is 18.5. The average Bonchev–Trinajstić information content (AvgIpc) is 3.17. The summed E-state index contributed by atoms with van der Waals surface area (Å²) in [5.41, 5.74) is 2.83. The summed E-state index contributed by atoms with van der Waals surface area (Å²) in [4.78, 5) is 15.2. The van der Waals surface area contributed by atoms with Crippen molar-refractivity contribution in [1.82, 2.24) is 10.2 Å². The van der Waals surface area contributed by atoms with Crippen LogP contribution in [0.1, 0.15) is 28.8 Å². The van der Waals surface area contributed by atoms with E-state index in [4.69, 9.17) is 0 Å². The first-order valence-corrected chi connectivity index (χ1v) is 9.19. The Morgan fingerprint density at radius 3 is 2.68 bits per heavy atom. The number of hydrogen-bond acceptors (Lipinski definition) is 3. The first kappa shape index (κ1) is 15.0. The Bertz CT molecular complexity index is 806. The van der Waals surface area contributed by atoms with Crippen molar-refractivity contribution in [2.45, 2.75) is 25.0 Å². The first-order valence-electron chi connectivity index (χ1n) is 9.19. The van der Waals surface area contributed by atoms with E-state index in [0.29, 0.717) is 11.8 Å². The molecule has 4 heteroatoms. The van der Waals surface area contributed by atoms with Crippen molar-refractivity contribution in [2.24, 2.45) is 11.8 Å². The van der Waals surface area contributed by atoms with Crippen molar-refractivity contribution in [3.63, 3.8) is 0 Å². The summed E-state index contributed by atoms with van der Waals surface area (Å²) in [6.07, 6.45) is 2.19. The molecule has 128 valence electrons. The Balaban J connectivity index is 1.38. The van der Waals surface area contributed by atoms with Gasteiger partial charge in [-0.3, -0.25) is 9.69 Å². The molecule has 1 spiro atoms. The Morgan fingerprint density at radius 2 is 1.80 bits per heavy atom. The van der Waals surface area contributed by atoms with Crippen LogP contribution >= 0.6 is 0 Å². The molecule has 1 saturated heterocycles. The number of rotatable bonds is 2. The van der Waals surface area contributed by atoms with Gasteiger partial charge in [-0.2, -0.15) is 0 Å². The van der Waals surface area contributed by atoms with E-state index < -0.39 is 0 Å². The maximum Gasteiger partial charge on any atom is 0.255 e. The highest BCUT2D eigenvalue weighted by atomic mass is 16.2. The number of hydrogen-bond donors (Lipinski definition) is 2. The minimum Gasteiger partial charge on any atom is -0.362 e. The number of likely N-dealkylation sites (tertiary alicyclic amines) is 1. The molecule has 2 N–H and O–H groups in total. The zero-order valence-corrected chi connectivity index (χ0v) is 14.2. The fraction of sp³-hybridized carbons (Fsp3) is 0.381. The number of para-hydroxylation sites is 1. The zero-order chi connectivity index (χ0) is 16.9. The fourth-order valence-corrected chi connectivity index (χ4v) is 5.02. The van der Waals surface area contributed by atoms with Crippen molar-refractivity contribution >= 4 is 11.6 Å². The van der Waals surface area contributed by atoms with Gasteiger partial charge in [0.25, 0.3) is 5.91 Å². The van der Waals surface area contributed by atoms with Gasteiger partial charge in [-0.15, -0.1) is 0 Å². The molecule has 1 saturated carbocycles. The van der Waals surface area contributed by atoms with Crippen LogP contribution in [0.3, 0.4) is 0 Å². The highest BCUT2D eigenvalue weighted by Gasteiger charge is 2.54. The molecule has 0 unspecified atom stereocenters. The van der Waals surface area contributed by atoms with Crippen LogP contribution in [0.4, 0.5) is 5.69 Å². The molecular formula is C21H23N3O. The van der Waals surface area contributed by atoms with E-state index in [0.717, 1.165) is 37.3 Å². The minimum absolute atomic E-state index is 0.0662. The molecule has 25 heavy (non-hydrogen) atoms. The summed E-state index contributed by atoms with van der Waals surface area (Å²) in [5.74, 6) is 1.19. The van der Waals surface area contributed by atoms with Gasteiger partial charge >= 0.3 is 0 Å². The fourth-order valence-electron chi connectivity index (χ4n) is 5.02. The van der Waals surface area contributed by atoms with Gasteiger partial charge in [-0.25, -0.2) is 0 Å². The average molecular weight is 333 g/mol. The second kappa shape index (κ2) is 5.60. The second-order valence-corrected chi connectivity index (χ2v) is 7.68. The molecule has 0 bridgehead atoms. The molecule has 0 aromatic heterocycles. The molecule has 2 aromatic rings. The summed E-state index contributed by atoms with van der Waals surface area (Å²) in [7, 11) is 0. The number of nitrogens with one attached hydrogen (secondary N) is 2. The Hall–Kier alpha value is -2.33. The number of carbonyl (C=O) groups excluding carboxylic acids is 1. The summed E-state index contributed by atoms with van der Waals surface area (Å²) in [5, 5.41) is 7.03. The van der Waals surface area contributed by atoms with Crippen LogP contribution < -0.4 is 10.6 Å². The normalized spacial score (nSPS) is 30.6. The van der Waals surface area contributed by atoms with Crippen LogP contribution in [0.2, 0.25) is 0 Å². The van der Waals surface area contributed by atoms with Gasteiger partial charge in [0.1, 0.15) is 5.66 Å². The summed E-state index contributed by atoms with van der Waals surface area (Å²) in [6.45, 7) is 3.16. The van der Waals surface area contributed by atoms with Crippen LogP contribution in [-0.2, 0) is 6.54 Å². The highest BCUT2D eigenvalue weighted by Crippen LogP contribution is 2.47. The van der Waals surface area contributed by atoms with E-state index in [9.17, 15) is 4.79 Å². The van der Waals surface area contributed by atoms with Gasteiger partial charge < -0.3 is 10.6 Å². The van der Waals surface area contributed by atoms with E-state index in [1.54, 1.807) is 0 Å². The molecule has 4 nitrogen and oxygen atoms in total. The van der Waals surface area contributed by atoms with Crippen molar-refractivity contribution in [1.29, 1.82) is 0 Å². The van der Waals surface area contributed by atoms with Crippen LogP contribution in [0, 0.1) is 11.8 Å². The largest absolute Gasteiger partial charge is 0.362 e. The van der Waals surface area contributed by atoms with Crippen molar-refractivity contribution < 1.29 is 4.79 Å². The number of carbonyl (C=O) groups is 1. The van der Waals surface area contributed by atoms with Gasteiger partial charge in [0, 0.05) is 31.2 Å². The summed E-state index contributed by atoms with van der Waals surface area (Å²) >= 11 is 0. The van der Waals surface area contributed by atoms with Gasteiger partial charge in [0.05, 0.1) is 5.56 Å². The Kier molecular flexibility index (Phi) is 3.35. The van der Waals surface area contributed by atoms with Gasteiger partial charge in [0.15, 0.2) is 0 Å². The zero-order valence-electron chi connectivity index (χ0n) is 14.2. The molecule has 3 atom stereocenters. The van der Waals surface area contributed by atoms with E-state index >= 15 is 0 Å². The Morgan fingerprint density at radius 1 is 1.00 bits per heavy atom. The first-order chi connectivity index (χ1) is 12.2. The number of anilines is 1. The molecule has 5 rings (SSSR count). The lowest BCUT2D eigenvalue weighted by Gasteiger charge is -2.42. The molecule has 0 radical (unpaired) electrons. The lowest BCUT2D eigenvalue weighted by Crippen LogP contribution is -2.61. The third-order valence-electron chi connectivity index (χ3n) is 6.17. The molecule has 2 fully saturated rings. The lowest BCUT2D eigenvalue weighted by molar-refractivity contribution is 0.0871. The van der Waals surface area contributed by atoms with Crippen LogP contribution in [0.5, 0.6) is 0 Å². The van der Waals surface area contributed by atoms with E-state index in [1.807, 2.05) is 24.3 Å². The maximum atomic E-state index is 12.6. The standard InChI is InChI=1S/C21H23N3O/c25-20-17-8-4-5-9-19(17)22-21(23-20)11-10-16-13-24(14-18(16)21)12-15-6-2-1-3-7-15/h1-9,16,18,22H,10-14H2,(H,23,25)/t16-,18-,21-/m0/s1. The topological polar surface area (TPSA) is 44.4 Å². The van der Waals surface area contributed by atoms with E-state index in [2.05, 4.69) is 45.9 Å². The maximum absolute atomic E-state index is 12.6. The smallest absolute Gasteiger partial charge is 0.255 e. The van der Waals surface area contributed by atoms with Crippen LogP contribution in [-0.4, -0.2) is 29.6 Å². The number of benzene rings is 2. The molecule has 1 amide bonds. The van der Waals surface area contributed by atoms with E-state index in [1.165, 1.54) is 12.0 Å². The van der Waals surface area contributed by atoms with Gasteiger partial charge in [0.2, 0.25) is 0 Å². The molecule has 2 aliphatic heterocycles. The SMILES string of the molecule is O=C1N[C@]2(CC[C@H]3CN(Cc4ccccc4)C[C@@H]32)Nc2ccccc21. The second-order valence-electron chi connectivity index (χ2n) is 7.68. The predicted octanol–water partition coefficient (Wildman–Crippen LogP) is 3.08. The van der Waals surface area contributed by atoms with Crippen molar-refractivity contribution in [3.8, 4) is 0 Å². The number of amides is 1. The Labute approximate surface area is 148 Å². The molecular weight excluding hydrogens is 310 g/mol. The monoisotopic (exact) mass is 333 g/mol. The minimum atomic E-state index is -0.276. The third kappa shape index (κ3) is 2.44. The molecule has 2 heterocycles. The van der Waals surface area contributed by atoms with Gasteiger partial charge in [-0.05, 0) is 36.5 Å². The predicted molar refractivity (Wildman–Crippen MR) is 98.2 cm³/mol. The molecule has 2 aromatic carbocycles. The third-order valence-corrected chi connectivity index (χ3v) is 6.17. The number of nitrogens with zero attached hydrogens (tertiary/aromatic N) is 1. The molecule has 1 aliphatic carbocycles. The molecule has 3 aliphatic rings. The van der Waals surface area contributed by atoms with E-state index in [-0.39, 0.29) is 11.6 Å². The van der Waals surface area contributed by atoms with Gasteiger partial charge in [-0.1, -0.05) is 42.5 Å². The highest BCUT2D eigenvalue weighted by molar-refractivity contribution is 6.02. The summed E-state index contributed by atoms with van der Waals surface area (Å²) < 4.78 is 0. The quantitative estimate of drug-likeness (QED) is 0.888. The van der Waals surface area contributed by atoms with Crippen LogP contribution in [0.25, 0.3) is 0 Å². The lowest BCUT2D eigenvalue weighted by atomic mass is 9.89. The van der Waals surface area contributed by atoms with Crippen molar-refractivity contribution in [3.05, 3.63) is 65.7 Å². The number of fused-ring (bicyclic) bond motifs is 3. The van der Waals surface area contributed by atoms with Crippen LogP contribution in [0.15, 0.2) is 54.6 Å². The van der Waals surface area contributed by atoms with Crippen molar-refractivity contribution in [2.75, 3.05) is 18.4 Å².